The maximum Gasteiger partial charge on any atom is 0.573 e. The highest BCUT2D eigenvalue weighted by Crippen LogP contribution is 2.27. The Morgan fingerprint density at radius 2 is 1.81 bits per heavy atom. The molecule has 0 aliphatic rings. The number of alkyl halides is 3. The average molecular weight is 327 g/mol. The van der Waals surface area contributed by atoms with Crippen molar-refractivity contribution in [1.82, 2.24) is 4.72 Å². The van der Waals surface area contributed by atoms with Crippen molar-refractivity contribution in [2.24, 2.45) is 0 Å². The molecule has 120 valence electrons. The number of hydrogen-bond donors (Lipinski definition) is 1. The Kier molecular flexibility index (Phi) is 5.51. The van der Waals surface area contributed by atoms with Gasteiger partial charge in [0.25, 0.3) is 0 Å². The van der Waals surface area contributed by atoms with Crippen molar-refractivity contribution >= 4 is 11.4 Å². The molecule has 0 aliphatic carbocycles. The zero-order valence-corrected chi connectivity index (χ0v) is 12.9. The second-order valence-electron chi connectivity index (χ2n) is 5.45. The van der Waals surface area contributed by atoms with Gasteiger partial charge in [-0.15, -0.1) is 17.9 Å². The first-order chi connectivity index (χ1) is 9.40. The van der Waals surface area contributed by atoms with E-state index in [0.29, 0.717) is 6.07 Å². The van der Waals surface area contributed by atoms with Gasteiger partial charge in [0.2, 0.25) is 0 Å². The van der Waals surface area contributed by atoms with Gasteiger partial charge in [0.15, 0.2) is 0 Å². The fourth-order valence-electron chi connectivity index (χ4n) is 1.46. The van der Waals surface area contributed by atoms with E-state index in [1.807, 2.05) is 0 Å². The molecule has 1 aromatic carbocycles. The van der Waals surface area contributed by atoms with Crippen molar-refractivity contribution < 1.29 is 26.9 Å². The van der Waals surface area contributed by atoms with Gasteiger partial charge in [-0.25, -0.2) is 4.39 Å². The molecule has 2 unspecified atom stereocenters. The fraction of sp³-hybridized carbons (Fsp3) is 0.538. The molecule has 1 rings (SSSR count). The lowest BCUT2D eigenvalue weighted by Crippen LogP contribution is -2.40. The van der Waals surface area contributed by atoms with Crippen molar-refractivity contribution in [3.8, 4) is 5.75 Å². The molecule has 0 saturated heterocycles. The highest BCUT2D eigenvalue weighted by atomic mass is 32.2. The Hall–Kier alpha value is -0.990. The number of rotatable bonds is 4. The van der Waals surface area contributed by atoms with Crippen molar-refractivity contribution in [1.29, 1.82) is 0 Å². The van der Waals surface area contributed by atoms with Gasteiger partial charge in [0, 0.05) is 23.0 Å². The molecule has 0 fully saturated rings. The van der Waals surface area contributed by atoms with Crippen molar-refractivity contribution in [2.75, 3.05) is 0 Å². The molecular formula is C13H17F4NO2S. The highest BCUT2D eigenvalue weighted by Gasteiger charge is 2.32. The minimum atomic E-state index is -4.87. The highest BCUT2D eigenvalue weighted by molar-refractivity contribution is 7.90. The van der Waals surface area contributed by atoms with E-state index >= 15 is 0 Å². The number of halogens is 4. The van der Waals surface area contributed by atoms with Crippen LogP contribution in [0.3, 0.4) is 0 Å². The van der Waals surface area contributed by atoms with E-state index in [1.54, 1.807) is 27.7 Å². The lowest BCUT2D eigenvalue weighted by molar-refractivity contribution is -0.274. The van der Waals surface area contributed by atoms with E-state index < -0.39 is 40.1 Å². The summed E-state index contributed by atoms with van der Waals surface area (Å²) < 4.78 is 67.7. The Morgan fingerprint density at radius 1 is 1.24 bits per heavy atom. The third kappa shape index (κ3) is 5.72. The van der Waals surface area contributed by atoms with Crippen LogP contribution in [-0.4, -0.2) is 15.7 Å². The molecule has 21 heavy (non-hydrogen) atoms. The quantitative estimate of drug-likeness (QED) is 0.675. The van der Waals surface area contributed by atoms with Gasteiger partial charge >= 0.3 is 6.36 Å². The normalized spacial score (nSPS) is 15.7. The third-order valence-corrected chi connectivity index (χ3v) is 4.19. The van der Waals surface area contributed by atoms with E-state index in [2.05, 4.69) is 9.46 Å². The van der Waals surface area contributed by atoms with Crippen LogP contribution in [0.25, 0.3) is 0 Å². The molecule has 0 saturated carbocycles. The second kappa shape index (κ2) is 6.41. The lowest BCUT2D eigenvalue weighted by Gasteiger charge is -2.26. The van der Waals surface area contributed by atoms with Crippen LogP contribution in [0.2, 0.25) is 0 Å². The third-order valence-electron chi connectivity index (χ3n) is 2.51. The largest absolute Gasteiger partial charge is 0.598 e. The van der Waals surface area contributed by atoms with Crippen LogP contribution in [0.15, 0.2) is 18.2 Å². The number of ether oxygens (including phenoxy) is 1. The van der Waals surface area contributed by atoms with E-state index in [-0.39, 0.29) is 5.56 Å². The van der Waals surface area contributed by atoms with Crippen molar-refractivity contribution in [3.05, 3.63) is 29.6 Å². The van der Waals surface area contributed by atoms with Crippen LogP contribution in [0.5, 0.6) is 5.75 Å². The zero-order valence-electron chi connectivity index (χ0n) is 12.0. The van der Waals surface area contributed by atoms with Crippen LogP contribution in [0, 0.1) is 5.82 Å². The van der Waals surface area contributed by atoms with Gasteiger partial charge in [-0.3, -0.25) is 0 Å². The summed E-state index contributed by atoms with van der Waals surface area (Å²) in [4.78, 5) is 0. The summed E-state index contributed by atoms with van der Waals surface area (Å²) in [6.45, 7) is 6.82. The smallest absolute Gasteiger partial charge is 0.573 e. The Morgan fingerprint density at radius 3 is 2.24 bits per heavy atom. The van der Waals surface area contributed by atoms with Crippen LogP contribution in [0.4, 0.5) is 17.6 Å². The molecule has 0 radical (unpaired) electrons. The summed E-state index contributed by atoms with van der Waals surface area (Å²) in [6.07, 6.45) is -4.87. The zero-order chi connectivity index (χ0) is 16.4. The topological polar surface area (TPSA) is 44.3 Å². The molecule has 8 heteroatoms. The van der Waals surface area contributed by atoms with E-state index in [1.165, 1.54) is 6.07 Å². The molecule has 1 N–H and O–H groups in total. The molecule has 1 aromatic rings. The van der Waals surface area contributed by atoms with Gasteiger partial charge in [-0.2, -0.15) is 0 Å². The molecule has 0 amide bonds. The van der Waals surface area contributed by atoms with Gasteiger partial charge in [0.05, 0.1) is 6.04 Å². The van der Waals surface area contributed by atoms with E-state index in [4.69, 9.17) is 0 Å². The molecule has 0 bridgehead atoms. The summed E-state index contributed by atoms with van der Waals surface area (Å²) >= 11 is -1.43. The monoisotopic (exact) mass is 327 g/mol. The van der Waals surface area contributed by atoms with Crippen LogP contribution in [0.1, 0.15) is 39.3 Å². The molecular weight excluding hydrogens is 310 g/mol. The summed E-state index contributed by atoms with van der Waals surface area (Å²) in [5.74, 6) is -1.49. The number of nitrogens with one attached hydrogen (secondary N) is 1. The predicted molar refractivity (Wildman–Crippen MR) is 72.5 cm³/mol. The van der Waals surface area contributed by atoms with Crippen molar-refractivity contribution in [3.63, 3.8) is 0 Å². The van der Waals surface area contributed by atoms with E-state index in [0.717, 1.165) is 6.07 Å². The van der Waals surface area contributed by atoms with Gasteiger partial charge in [-0.1, -0.05) is 6.07 Å². The SMILES string of the molecule is CC(N[S+]([O-])C(C)(C)C)c1ccc(OC(F)(F)F)cc1F. The number of benzene rings is 1. The lowest BCUT2D eigenvalue weighted by atomic mass is 10.1. The second-order valence-corrected chi connectivity index (χ2v) is 7.45. The van der Waals surface area contributed by atoms with Gasteiger partial charge in [0.1, 0.15) is 16.3 Å². The fourth-order valence-corrected chi connectivity index (χ4v) is 2.26. The van der Waals surface area contributed by atoms with Gasteiger partial charge in [-0.05, 0) is 33.8 Å². The van der Waals surface area contributed by atoms with Gasteiger partial charge < -0.3 is 9.29 Å². The minimum Gasteiger partial charge on any atom is -0.598 e. The predicted octanol–water partition coefficient (Wildman–Crippen LogP) is 3.84. The Bertz CT molecular complexity index is 488. The van der Waals surface area contributed by atoms with Crippen molar-refractivity contribution in [2.45, 2.75) is 44.8 Å². The average Bonchev–Trinajstić information content (AvgIpc) is 2.24. The first-order valence-corrected chi connectivity index (χ1v) is 7.28. The number of hydrogen-bond acceptors (Lipinski definition) is 3. The summed E-state index contributed by atoms with van der Waals surface area (Å²) in [5.41, 5.74) is 0.113. The molecule has 3 nitrogen and oxygen atoms in total. The summed E-state index contributed by atoms with van der Waals surface area (Å²) in [6, 6.07) is 2.23. The molecule has 0 heterocycles. The van der Waals surface area contributed by atoms with E-state index in [9.17, 15) is 22.1 Å². The Labute approximate surface area is 124 Å². The Balaban J connectivity index is 2.85. The maximum atomic E-state index is 13.8. The maximum absolute atomic E-state index is 13.8. The van der Waals surface area contributed by atoms with Crippen LogP contribution >= 0.6 is 0 Å². The first-order valence-electron chi connectivity index (χ1n) is 6.13. The molecule has 0 aromatic heterocycles. The molecule has 2 atom stereocenters. The van der Waals surface area contributed by atoms with Crippen LogP contribution < -0.4 is 9.46 Å². The van der Waals surface area contributed by atoms with Crippen LogP contribution in [-0.2, 0) is 11.4 Å². The molecule has 0 spiro atoms. The first kappa shape index (κ1) is 18.1. The standard InChI is InChI=1S/C13H17F4NO2S/c1-8(18-21(19)12(2,3)4)10-6-5-9(7-11(10)14)20-13(15,16)17/h5-8,18H,1-4H3. The summed E-state index contributed by atoms with van der Waals surface area (Å²) in [5, 5.41) is 0. The summed E-state index contributed by atoms with van der Waals surface area (Å²) in [7, 11) is 0. The molecule has 0 aliphatic heterocycles. The minimum absolute atomic E-state index is 0.113.